The first kappa shape index (κ1) is 14.7. The first-order valence-electron chi connectivity index (χ1n) is 6.36. The number of benzene rings is 1. The Morgan fingerprint density at radius 3 is 2.56 bits per heavy atom. The predicted octanol–water partition coefficient (Wildman–Crippen LogP) is 2.90. The minimum absolute atomic E-state index is 0.0124. The number of amides is 1. The summed E-state index contributed by atoms with van der Waals surface area (Å²) in [6.07, 6.45) is 1.48. The van der Waals surface area contributed by atoms with Crippen molar-refractivity contribution in [1.82, 2.24) is 0 Å². The van der Waals surface area contributed by atoms with Gasteiger partial charge in [-0.3, -0.25) is 4.79 Å². The Balaban J connectivity index is 2.91. The normalized spacial score (nSPS) is 11.4. The molecule has 2 N–H and O–H groups in total. The molecule has 0 spiro atoms. The van der Waals surface area contributed by atoms with Gasteiger partial charge in [0.05, 0.1) is 0 Å². The van der Waals surface area contributed by atoms with E-state index in [0.29, 0.717) is 6.42 Å². The van der Waals surface area contributed by atoms with E-state index in [2.05, 4.69) is 5.32 Å². The van der Waals surface area contributed by atoms with Crippen LogP contribution in [0.1, 0.15) is 38.3 Å². The first-order valence-corrected chi connectivity index (χ1v) is 6.36. The summed E-state index contributed by atoms with van der Waals surface area (Å²) < 4.78 is 0. The molecular weight excluding hydrogens is 226 g/mol. The highest BCUT2D eigenvalue weighted by molar-refractivity contribution is 5.95. The topological polar surface area (TPSA) is 49.3 Å². The smallest absolute Gasteiger partial charge is 0.229 e. The van der Waals surface area contributed by atoms with Crippen molar-refractivity contribution in [2.75, 3.05) is 11.9 Å². The molecule has 0 heterocycles. The second kappa shape index (κ2) is 6.01. The quantitative estimate of drug-likeness (QED) is 0.862. The van der Waals surface area contributed by atoms with Crippen LogP contribution in [0.3, 0.4) is 0 Å². The van der Waals surface area contributed by atoms with E-state index in [9.17, 15) is 4.79 Å². The molecule has 0 radical (unpaired) electrons. The molecule has 3 nitrogen and oxygen atoms in total. The van der Waals surface area contributed by atoms with Gasteiger partial charge in [-0.1, -0.05) is 32.9 Å². The van der Waals surface area contributed by atoms with E-state index in [-0.39, 0.29) is 12.5 Å². The van der Waals surface area contributed by atoms with Gasteiger partial charge in [-0.15, -0.1) is 0 Å². The summed E-state index contributed by atoms with van der Waals surface area (Å²) in [4.78, 5) is 12.0. The molecule has 3 heteroatoms. The molecule has 0 aliphatic rings. The summed E-state index contributed by atoms with van der Waals surface area (Å²) in [7, 11) is 0. The maximum Gasteiger partial charge on any atom is 0.229 e. The first-order chi connectivity index (χ1) is 8.34. The van der Waals surface area contributed by atoms with Crippen LogP contribution in [-0.2, 0) is 11.2 Å². The van der Waals surface area contributed by atoms with Gasteiger partial charge in [0, 0.05) is 17.7 Å². The van der Waals surface area contributed by atoms with Crippen LogP contribution in [-0.4, -0.2) is 17.6 Å². The lowest BCUT2D eigenvalue weighted by atomic mass is 9.95. The monoisotopic (exact) mass is 249 g/mol. The van der Waals surface area contributed by atoms with Crippen molar-refractivity contribution in [3.8, 4) is 0 Å². The Bertz CT molecular complexity index is 419. The van der Waals surface area contributed by atoms with Gasteiger partial charge in [-0.05, 0) is 37.0 Å². The van der Waals surface area contributed by atoms with Gasteiger partial charge < -0.3 is 10.4 Å². The van der Waals surface area contributed by atoms with E-state index < -0.39 is 5.41 Å². The summed E-state index contributed by atoms with van der Waals surface area (Å²) in [5, 5.41) is 11.9. The number of aryl methyl sites for hydroxylation is 2. The second-order valence-electron chi connectivity index (χ2n) is 5.69. The summed E-state index contributed by atoms with van der Waals surface area (Å²) in [5.41, 5.74) is 2.65. The van der Waals surface area contributed by atoms with E-state index in [1.165, 1.54) is 0 Å². The van der Waals surface area contributed by atoms with Crippen molar-refractivity contribution in [2.45, 2.75) is 40.5 Å². The van der Waals surface area contributed by atoms with Crippen molar-refractivity contribution < 1.29 is 9.90 Å². The third-order valence-corrected chi connectivity index (χ3v) is 2.80. The van der Waals surface area contributed by atoms with Crippen LogP contribution in [0.4, 0.5) is 5.69 Å². The average Bonchev–Trinajstić information content (AvgIpc) is 2.26. The molecule has 0 saturated heterocycles. The van der Waals surface area contributed by atoms with Gasteiger partial charge in [0.15, 0.2) is 0 Å². The molecule has 1 aromatic rings. The third-order valence-electron chi connectivity index (χ3n) is 2.80. The van der Waals surface area contributed by atoms with Gasteiger partial charge in [0.25, 0.3) is 0 Å². The van der Waals surface area contributed by atoms with Crippen molar-refractivity contribution in [2.24, 2.45) is 5.41 Å². The lowest BCUT2D eigenvalue weighted by molar-refractivity contribution is -0.123. The Hall–Kier alpha value is -1.35. The molecule has 0 bridgehead atoms. The van der Waals surface area contributed by atoms with Crippen molar-refractivity contribution >= 4 is 11.6 Å². The van der Waals surface area contributed by atoms with E-state index in [1.54, 1.807) is 0 Å². The summed E-state index contributed by atoms with van der Waals surface area (Å²) in [6, 6.07) is 6.03. The van der Waals surface area contributed by atoms with Crippen LogP contribution in [0.25, 0.3) is 0 Å². The largest absolute Gasteiger partial charge is 0.396 e. The van der Waals surface area contributed by atoms with Crippen molar-refractivity contribution in [3.63, 3.8) is 0 Å². The Morgan fingerprint density at radius 1 is 1.33 bits per heavy atom. The lowest BCUT2D eigenvalue weighted by Crippen LogP contribution is -2.28. The van der Waals surface area contributed by atoms with Gasteiger partial charge >= 0.3 is 0 Å². The van der Waals surface area contributed by atoms with Gasteiger partial charge in [-0.25, -0.2) is 0 Å². The van der Waals surface area contributed by atoms with Crippen LogP contribution in [0, 0.1) is 12.3 Å². The minimum atomic E-state index is -0.405. The lowest BCUT2D eigenvalue weighted by Gasteiger charge is -2.19. The molecule has 0 unspecified atom stereocenters. The van der Waals surface area contributed by atoms with Crippen LogP contribution in [0.2, 0.25) is 0 Å². The fourth-order valence-electron chi connectivity index (χ4n) is 1.60. The number of carbonyl (C=O) groups is 1. The molecule has 18 heavy (non-hydrogen) atoms. The number of aliphatic hydroxyl groups excluding tert-OH is 1. The number of nitrogens with one attached hydrogen (secondary N) is 1. The second-order valence-corrected chi connectivity index (χ2v) is 5.69. The number of anilines is 1. The summed E-state index contributed by atoms with van der Waals surface area (Å²) in [5.74, 6) is 0.0124. The zero-order chi connectivity index (χ0) is 13.8. The number of hydrogen-bond acceptors (Lipinski definition) is 2. The Kier molecular flexibility index (Phi) is 4.91. The molecule has 0 aliphatic heterocycles. The van der Waals surface area contributed by atoms with Gasteiger partial charge in [-0.2, -0.15) is 0 Å². The van der Waals surface area contributed by atoms with Crippen LogP contribution < -0.4 is 5.32 Å². The molecule has 100 valence electrons. The van der Waals surface area contributed by atoms with Gasteiger partial charge in [0.2, 0.25) is 5.91 Å². The summed E-state index contributed by atoms with van der Waals surface area (Å²) in [6.45, 7) is 7.85. The third kappa shape index (κ3) is 4.15. The maximum absolute atomic E-state index is 12.0. The Morgan fingerprint density at radius 2 is 2.00 bits per heavy atom. The molecule has 0 aromatic heterocycles. The molecule has 0 aliphatic carbocycles. The van der Waals surface area contributed by atoms with Crippen LogP contribution in [0.15, 0.2) is 18.2 Å². The SMILES string of the molecule is Cc1ccc(CCCO)c(NC(=O)C(C)(C)C)c1. The zero-order valence-corrected chi connectivity index (χ0v) is 11.7. The standard InChI is InChI=1S/C15H23NO2/c1-11-7-8-12(6-5-9-17)13(10-11)16-14(18)15(2,3)4/h7-8,10,17H,5-6,9H2,1-4H3,(H,16,18). The number of hydrogen-bond donors (Lipinski definition) is 2. The molecule has 0 fully saturated rings. The highest BCUT2D eigenvalue weighted by Crippen LogP contribution is 2.22. The highest BCUT2D eigenvalue weighted by atomic mass is 16.2. The maximum atomic E-state index is 12.0. The van der Waals surface area contributed by atoms with Crippen LogP contribution >= 0.6 is 0 Å². The number of aliphatic hydroxyl groups is 1. The fourth-order valence-corrected chi connectivity index (χ4v) is 1.60. The molecule has 0 atom stereocenters. The molecular formula is C15H23NO2. The molecule has 1 amide bonds. The van der Waals surface area contributed by atoms with E-state index in [4.69, 9.17) is 5.11 Å². The molecule has 0 saturated carbocycles. The highest BCUT2D eigenvalue weighted by Gasteiger charge is 2.21. The van der Waals surface area contributed by atoms with Crippen LogP contribution in [0.5, 0.6) is 0 Å². The van der Waals surface area contributed by atoms with Gasteiger partial charge in [0.1, 0.15) is 0 Å². The van der Waals surface area contributed by atoms with Crippen molar-refractivity contribution in [3.05, 3.63) is 29.3 Å². The predicted molar refractivity (Wildman–Crippen MR) is 74.7 cm³/mol. The summed E-state index contributed by atoms with van der Waals surface area (Å²) >= 11 is 0. The molecule has 1 rings (SSSR count). The average molecular weight is 249 g/mol. The van der Waals surface area contributed by atoms with E-state index in [1.807, 2.05) is 45.9 Å². The van der Waals surface area contributed by atoms with Crippen molar-refractivity contribution in [1.29, 1.82) is 0 Å². The molecule has 1 aromatic carbocycles. The van der Waals surface area contributed by atoms with E-state index in [0.717, 1.165) is 23.2 Å². The number of carbonyl (C=O) groups excluding carboxylic acids is 1. The zero-order valence-electron chi connectivity index (χ0n) is 11.7. The van der Waals surface area contributed by atoms with E-state index >= 15 is 0 Å². The fraction of sp³-hybridized carbons (Fsp3) is 0.533. The number of rotatable bonds is 4. The Labute approximate surface area is 109 Å². The minimum Gasteiger partial charge on any atom is -0.396 e.